The van der Waals surface area contributed by atoms with Gasteiger partial charge in [0.2, 0.25) is 0 Å². The summed E-state index contributed by atoms with van der Waals surface area (Å²) >= 11 is 0. The Labute approximate surface area is 244 Å². The lowest BCUT2D eigenvalue weighted by molar-refractivity contribution is -0.137. The van der Waals surface area contributed by atoms with Crippen molar-refractivity contribution in [2.45, 2.75) is 46.3 Å². The second-order valence-electron chi connectivity index (χ2n) is 10.3. The topological polar surface area (TPSA) is 80.8 Å². The summed E-state index contributed by atoms with van der Waals surface area (Å²) in [6.45, 7) is 10.4. The monoisotopic (exact) mass is 582 g/mol. The molecule has 224 valence electrons. The maximum atomic E-state index is 13.5. The van der Waals surface area contributed by atoms with E-state index in [0.717, 1.165) is 68.0 Å². The number of carbonyl (C=O) groups excluding carboxylic acids is 2. The Balaban J connectivity index is 1.45. The molecule has 0 saturated carbocycles. The number of fused-ring (bicyclic) bond motifs is 1. The van der Waals surface area contributed by atoms with Crippen molar-refractivity contribution in [2.75, 3.05) is 53.7 Å². The van der Waals surface area contributed by atoms with Crippen LogP contribution in [0.5, 0.6) is 0 Å². The number of halogens is 3. The third-order valence-corrected chi connectivity index (χ3v) is 7.48. The van der Waals surface area contributed by atoms with Crippen LogP contribution in [0.15, 0.2) is 54.7 Å². The number of nitrogens with one attached hydrogen (secondary N) is 2. The van der Waals surface area contributed by atoms with Crippen molar-refractivity contribution in [3.63, 3.8) is 0 Å². The lowest BCUT2D eigenvalue weighted by Gasteiger charge is -2.36. The Hall–Kier alpha value is -4.12. The molecule has 4 rings (SSSR count). The number of hydrogen-bond donors (Lipinski definition) is 2. The third kappa shape index (κ3) is 7.20. The number of pyridine rings is 1. The summed E-state index contributed by atoms with van der Waals surface area (Å²) < 4.78 is 39.3. The van der Waals surface area contributed by atoms with Gasteiger partial charge in [0.05, 0.1) is 23.5 Å². The fourth-order valence-corrected chi connectivity index (χ4v) is 4.95. The van der Waals surface area contributed by atoms with Crippen LogP contribution >= 0.6 is 0 Å². The zero-order chi connectivity index (χ0) is 30.4. The molecule has 11 heteroatoms. The Kier molecular flexibility index (Phi) is 9.72. The van der Waals surface area contributed by atoms with Crippen molar-refractivity contribution in [1.82, 2.24) is 9.88 Å². The van der Waals surface area contributed by atoms with E-state index in [1.807, 2.05) is 13.0 Å². The molecule has 1 aromatic heterocycles. The molecule has 0 aliphatic carbocycles. The molecule has 3 amide bonds. The number of aryl methyl sites for hydroxylation is 1. The van der Waals surface area contributed by atoms with Gasteiger partial charge in [-0.2, -0.15) is 13.2 Å². The molecule has 0 fully saturated rings. The molecule has 0 atom stereocenters. The van der Waals surface area contributed by atoms with E-state index >= 15 is 0 Å². The van der Waals surface area contributed by atoms with Crippen molar-refractivity contribution >= 4 is 34.8 Å². The number of hydrogen-bond acceptors (Lipinski definition) is 5. The predicted molar refractivity (Wildman–Crippen MR) is 160 cm³/mol. The van der Waals surface area contributed by atoms with E-state index in [0.29, 0.717) is 17.2 Å². The minimum absolute atomic E-state index is 0.117. The Morgan fingerprint density at radius 3 is 2.52 bits per heavy atom. The summed E-state index contributed by atoms with van der Waals surface area (Å²) in [4.78, 5) is 36.4. The minimum Gasteiger partial charge on any atom is -0.370 e. The van der Waals surface area contributed by atoms with Gasteiger partial charge in [-0.3, -0.25) is 14.6 Å². The van der Waals surface area contributed by atoms with Crippen LogP contribution in [-0.4, -0.2) is 55.0 Å². The second kappa shape index (κ2) is 13.2. The van der Waals surface area contributed by atoms with Gasteiger partial charge < -0.3 is 15.5 Å². The van der Waals surface area contributed by atoms with Gasteiger partial charge in [0, 0.05) is 42.7 Å². The summed E-state index contributed by atoms with van der Waals surface area (Å²) in [5.41, 5.74) is 2.35. The van der Waals surface area contributed by atoms with Crippen molar-refractivity contribution in [1.29, 1.82) is 0 Å². The molecule has 8 nitrogen and oxygen atoms in total. The number of nitrogens with zero attached hydrogens (tertiary/aromatic N) is 4. The van der Waals surface area contributed by atoms with Crippen LogP contribution in [0.1, 0.15) is 53.7 Å². The average Bonchev–Trinajstić information content (AvgIpc) is 2.97. The molecule has 1 aliphatic rings. The zero-order valence-electron chi connectivity index (χ0n) is 24.4. The van der Waals surface area contributed by atoms with Crippen LogP contribution in [0.3, 0.4) is 0 Å². The van der Waals surface area contributed by atoms with Crippen LogP contribution in [-0.2, 0) is 12.7 Å². The summed E-state index contributed by atoms with van der Waals surface area (Å²) in [6.07, 6.45) is -0.692. The maximum absolute atomic E-state index is 13.5. The number of urea groups is 1. The summed E-state index contributed by atoms with van der Waals surface area (Å²) in [7, 11) is 1.70. The first-order chi connectivity index (χ1) is 20.0. The lowest BCUT2D eigenvalue weighted by Crippen LogP contribution is -2.45. The molecule has 1 aliphatic heterocycles. The van der Waals surface area contributed by atoms with E-state index in [9.17, 15) is 22.8 Å². The number of aromatic nitrogens is 1. The quantitative estimate of drug-likeness (QED) is 0.244. The molecule has 0 bridgehead atoms. The fraction of sp³-hybridized carbons (Fsp3) is 0.387. The average molecular weight is 583 g/mol. The van der Waals surface area contributed by atoms with Crippen molar-refractivity contribution in [2.24, 2.45) is 0 Å². The van der Waals surface area contributed by atoms with Gasteiger partial charge in [-0.05, 0) is 75.3 Å². The van der Waals surface area contributed by atoms with E-state index in [1.165, 1.54) is 12.1 Å². The molecule has 0 radical (unpaired) electrons. The number of alkyl halides is 3. The number of benzene rings is 2. The van der Waals surface area contributed by atoms with E-state index in [-0.39, 0.29) is 18.1 Å². The normalized spacial score (nSPS) is 13.4. The predicted octanol–water partition coefficient (Wildman–Crippen LogP) is 6.77. The van der Waals surface area contributed by atoms with Crippen LogP contribution < -0.4 is 20.4 Å². The first kappa shape index (κ1) is 30.8. The van der Waals surface area contributed by atoms with Crippen LogP contribution in [0, 0.1) is 6.92 Å². The highest BCUT2D eigenvalue weighted by molar-refractivity contribution is 6.08. The van der Waals surface area contributed by atoms with E-state index < -0.39 is 17.6 Å². The number of amides is 3. The van der Waals surface area contributed by atoms with Crippen LogP contribution in [0.25, 0.3) is 0 Å². The highest BCUT2D eigenvalue weighted by atomic mass is 19.4. The number of unbranched alkanes of at least 4 members (excludes halogenated alkanes) is 1. The Morgan fingerprint density at radius 2 is 1.81 bits per heavy atom. The van der Waals surface area contributed by atoms with E-state index in [1.54, 1.807) is 41.2 Å². The Bertz CT molecular complexity index is 1420. The van der Waals surface area contributed by atoms with Crippen molar-refractivity contribution in [3.05, 3.63) is 77.0 Å². The molecule has 42 heavy (non-hydrogen) atoms. The summed E-state index contributed by atoms with van der Waals surface area (Å²) in [5.74, 6) is 0.0285. The van der Waals surface area contributed by atoms with Gasteiger partial charge in [-0.1, -0.05) is 26.0 Å². The highest BCUT2D eigenvalue weighted by Gasteiger charge is 2.32. The largest absolute Gasteiger partial charge is 0.416 e. The number of carbonyl (C=O) groups is 2. The molecule has 3 aromatic rings. The lowest BCUT2D eigenvalue weighted by atomic mass is 10.1. The summed E-state index contributed by atoms with van der Waals surface area (Å²) in [5, 5.41) is 6.02. The molecule has 0 spiro atoms. The van der Waals surface area contributed by atoms with Gasteiger partial charge in [0.25, 0.3) is 5.91 Å². The maximum Gasteiger partial charge on any atom is 0.416 e. The SMILES string of the molecule is CCN(CC)CCCCNc1cc2c(cn1)CN(c1cc(NC(=O)c3cccc(C(F)(F)F)c3)ccc1C)C(=O)N2C. The van der Waals surface area contributed by atoms with Crippen molar-refractivity contribution < 1.29 is 22.8 Å². The van der Waals surface area contributed by atoms with Gasteiger partial charge in [-0.15, -0.1) is 0 Å². The molecular formula is C31H37F3N6O2. The third-order valence-electron chi connectivity index (χ3n) is 7.48. The summed E-state index contributed by atoms with van der Waals surface area (Å²) in [6, 6.07) is 10.9. The Morgan fingerprint density at radius 1 is 1.05 bits per heavy atom. The number of anilines is 4. The molecular weight excluding hydrogens is 545 g/mol. The second-order valence-corrected chi connectivity index (χ2v) is 10.3. The van der Waals surface area contributed by atoms with Crippen molar-refractivity contribution in [3.8, 4) is 0 Å². The highest BCUT2D eigenvalue weighted by Crippen LogP contribution is 2.35. The molecule has 0 unspecified atom stereocenters. The standard InChI is InChI=1S/C31H37F3N6O2/c1-5-39(6-2)15-8-7-14-35-28-18-27-23(19-36-28)20-40(30(42)38(27)4)26-17-25(13-12-21(26)3)37-29(41)22-10-9-11-24(16-22)31(32,33)34/h9-13,16-19H,5-8,14-15,20H2,1-4H3,(H,35,36)(H,37,41). The van der Waals surface area contributed by atoms with E-state index in [4.69, 9.17) is 0 Å². The van der Waals surface area contributed by atoms with E-state index in [2.05, 4.69) is 34.4 Å². The fourth-order valence-electron chi connectivity index (χ4n) is 4.95. The van der Waals surface area contributed by atoms with Gasteiger partial charge in [-0.25, -0.2) is 9.78 Å². The first-order valence-electron chi connectivity index (χ1n) is 14.1. The van der Waals surface area contributed by atoms with Crippen LogP contribution in [0.4, 0.5) is 40.8 Å². The molecule has 2 heterocycles. The number of rotatable bonds is 11. The first-order valence-corrected chi connectivity index (χ1v) is 14.1. The smallest absolute Gasteiger partial charge is 0.370 e. The van der Waals surface area contributed by atoms with Gasteiger partial charge in [0.15, 0.2) is 0 Å². The van der Waals surface area contributed by atoms with Gasteiger partial charge >= 0.3 is 12.2 Å². The molecule has 2 N–H and O–H groups in total. The molecule has 2 aromatic carbocycles. The van der Waals surface area contributed by atoms with Gasteiger partial charge in [0.1, 0.15) is 5.82 Å². The minimum atomic E-state index is -4.55. The van der Waals surface area contributed by atoms with Crippen LogP contribution in [0.2, 0.25) is 0 Å². The zero-order valence-corrected chi connectivity index (χ0v) is 24.4. The molecule has 0 saturated heterocycles.